The second-order valence-electron chi connectivity index (χ2n) is 3.14. The molecule has 0 amide bonds. The maximum atomic E-state index is 5.76. The molecule has 2 N–H and O–H groups in total. The third kappa shape index (κ3) is 1.96. The minimum absolute atomic E-state index is 0.497. The molecule has 1 saturated carbocycles. The van der Waals surface area contributed by atoms with Crippen LogP contribution in [0.4, 0.5) is 0 Å². The average Bonchev–Trinajstić information content (AvgIpc) is 1.95. The Morgan fingerprint density at radius 1 is 1.50 bits per heavy atom. The fourth-order valence-corrected chi connectivity index (χ4v) is 1.44. The van der Waals surface area contributed by atoms with E-state index in [1.54, 1.807) is 7.11 Å². The molecule has 0 heterocycles. The number of nitrogens with two attached hydrogens (primary N) is 1. The highest BCUT2D eigenvalue weighted by Gasteiger charge is 2.26. The first-order valence-corrected chi connectivity index (χ1v) is 4.09. The Kier molecular flexibility index (Phi) is 3.16. The van der Waals surface area contributed by atoms with Crippen molar-refractivity contribution in [3.63, 3.8) is 0 Å². The van der Waals surface area contributed by atoms with Gasteiger partial charge in [0, 0.05) is 19.8 Å². The van der Waals surface area contributed by atoms with Gasteiger partial charge in [0.1, 0.15) is 0 Å². The number of hydrogen-bond acceptors (Lipinski definition) is 2. The van der Waals surface area contributed by atoms with Gasteiger partial charge in [0.05, 0.1) is 0 Å². The molecule has 0 aliphatic heterocycles. The van der Waals surface area contributed by atoms with Crippen LogP contribution in [0.1, 0.15) is 25.7 Å². The first-order valence-electron chi connectivity index (χ1n) is 4.09. The van der Waals surface area contributed by atoms with Crippen LogP contribution in [0.15, 0.2) is 0 Å². The zero-order valence-electron chi connectivity index (χ0n) is 6.68. The van der Waals surface area contributed by atoms with E-state index in [0.717, 1.165) is 12.5 Å². The van der Waals surface area contributed by atoms with Crippen molar-refractivity contribution in [3.8, 4) is 0 Å². The Labute approximate surface area is 62.7 Å². The van der Waals surface area contributed by atoms with Crippen molar-refractivity contribution in [2.24, 2.45) is 11.7 Å². The first kappa shape index (κ1) is 8.02. The van der Waals surface area contributed by atoms with Crippen LogP contribution in [-0.4, -0.2) is 19.8 Å². The van der Waals surface area contributed by atoms with Crippen LogP contribution in [-0.2, 0) is 4.74 Å². The highest BCUT2D eigenvalue weighted by molar-refractivity contribution is 4.83. The van der Waals surface area contributed by atoms with Gasteiger partial charge in [0.25, 0.3) is 0 Å². The topological polar surface area (TPSA) is 35.2 Å². The van der Waals surface area contributed by atoms with E-state index in [0.29, 0.717) is 6.04 Å². The Hall–Kier alpha value is -0.0800. The van der Waals surface area contributed by atoms with E-state index < -0.39 is 0 Å². The minimum atomic E-state index is 0.497. The van der Waals surface area contributed by atoms with Gasteiger partial charge < -0.3 is 10.5 Å². The SMILES string of the molecule is COCCCC1CCC1N. The molecular weight excluding hydrogens is 126 g/mol. The van der Waals surface area contributed by atoms with Gasteiger partial charge in [-0.25, -0.2) is 0 Å². The van der Waals surface area contributed by atoms with Crippen LogP contribution >= 0.6 is 0 Å². The maximum Gasteiger partial charge on any atom is 0.0462 e. The smallest absolute Gasteiger partial charge is 0.0462 e. The summed E-state index contributed by atoms with van der Waals surface area (Å²) in [4.78, 5) is 0. The summed E-state index contributed by atoms with van der Waals surface area (Å²) in [5, 5.41) is 0. The number of hydrogen-bond donors (Lipinski definition) is 1. The lowest BCUT2D eigenvalue weighted by atomic mass is 9.77. The molecule has 0 radical (unpaired) electrons. The second kappa shape index (κ2) is 3.94. The van der Waals surface area contributed by atoms with Gasteiger partial charge in [-0.3, -0.25) is 0 Å². The van der Waals surface area contributed by atoms with E-state index in [-0.39, 0.29) is 0 Å². The summed E-state index contributed by atoms with van der Waals surface area (Å²) in [7, 11) is 1.75. The van der Waals surface area contributed by atoms with E-state index >= 15 is 0 Å². The molecule has 10 heavy (non-hydrogen) atoms. The van der Waals surface area contributed by atoms with Gasteiger partial charge in [0.2, 0.25) is 0 Å². The summed E-state index contributed by atoms with van der Waals surface area (Å²) < 4.78 is 4.96. The summed E-state index contributed by atoms with van der Waals surface area (Å²) in [5.41, 5.74) is 5.76. The largest absolute Gasteiger partial charge is 0.385 e. The molecule has 2 atom stereocenters. The molecule has 1 aliphatic carbocycles. The number of methoxy groups -OCH3 is 1. The maximum absolute atomic E-state index is 5.76. The van der Waals surface area contributed by atoms with Crippen LogP contribution in [0, 0.1) is 5.92 Å². The predicted molar refractivity (Wildman–Crippen MR) is 41.8 cm³/mol. The molecule has 2 heteroatoms. The van der Waals surface area contributed by atoms with Gasteiger partial charge in [-0.05, 0) is 31.6 Å². The highest BCUT2D eigenvalue weighted by Crippen LogP contribution is 2.29. The van der Waals surface area contributed by atoms with Crippen molar-refractivity contribution in [1.29, 1.82) is 0 Å². The van der Waals surface area contributed by atoms with Crippen LogP contribution in [0.5, 0.6) is 0 Å². The summed E-state index contributed by atoms with van der Waals surface area (Å²) in [6, 6.07) is 0.497. The number of rotatable bonds is 4. The normalized spacial score (nSPS) is 31.8. The van der Waals surface area contributed by atoms with Gasteiger partial charge in [-0.2, -0.15) is 0 Å². The minimum Gasteiger partial charge on any atom is -0.385 e. The van der Waals surface area contributed by atoms with Crippen molar-refractivity contribution >= 4 is 0 Å². The molecule has 0 saturated heterocycles. The Bertz CT molecular complexity index is 95.3. The van der Waals surface area contributed by atoms with Crippen LogP contribution in [0.2, 0.25) is 0 Å². The molecular formula is C8H17NO. The van der Waals surface area contributed by atoms with Crippen molar-refractivity contribution < 1.29 is 4.74 Å². The molecule has 0 aromatic rings. The first-order chi connectivity index (χ1) is 4.84. The molecule has 0 aromatic heterocycles. The van der Waals surface area contributed by atoms with E-state index in [1.165, 1.54) is 25.7 Å². The third-order valence-electron chi connectivity index (χ3n) is 2.40. The molecule has 0 spiro atoms. The predicted octanol–water partition coefficient (Wildman–Crippen LogP) is 1.15. The zero-order chi connectivity index (χ0) is 7.40. The molecule has 60 valence electrons. The quantitative estimate of drug-likeness (QED) is 0.599. The standard InChI is InChI=1S/C8H17NO/c1-10-6-2-3-7-4-5-8(7)9/h7-8H,2-6,9H2,1H3. The van der Waals surface area contributed by atoms with Crippen molar-refractivity contribution in [1.82, 2.24) is 0 Å². The van der Waals surface area contributed by atoms with Crippen molar-refractivity contribution in [2.45, 2.75) is 31.7 Å². The zero-order valence-corrected chi connectivity index (χ0v) is 6.68. The molecule has 0 aromatic carbocycles. The fourth-order valence-electron chi connectivity index (χ4n) is 1.44. The average molecular weight is 143 g/mol. The second-order valence-corrected chi connectivity index (χ2v) is 3.14. The van der Waals surface area contributed by atoms with Crippen molar-refractivity contribution in [2.75, 3.05) is 13.7 Å². The molecule has 1 rings (SSSR count). The van der Waals surface area contributed by atoms with E-state index in [9.17, 15) is 0 Å². The Morgan fingerprint density at radius 2 is 2.30 bits per heavy atom. The lowest BCUT2D eigenvalue weighted by Gasteiger charge is -2.33. The molecule has 1 fully saturated rings. The highest BCUT2D eigenvalue weighted by atomic mass is 16.5. The summed E-state index contributed by atoms with van der Waals surface area (Å²) in [5.74, 6) is 0.801. The van der Waals surface area contributed by atoms with Gasteiger partial charge in [-0.1, -0.05) is 0 Å². The van der Waals surface area contributed by atoms with Crippen LogP contribution in [0.25, 0.3) is 0 Å². The summed E-state index contributed by atoms with van der Waals surface area (Å²) in [6.45, 7) is 0.892. The van der Waals surface area contributed by atoms with Gasteiger partial charge in [-0.15, -0.1) is 0 Å². The number of ether oxygens (including phenoxy) is 1. The van der Waals surface area contributed by atoms with Crippen LogP contribution < -0.4 is 5.73 Å². The third-order valence-corrected chi connectivity index (χ3v) is 2.40. The molecule has 2 nitrogen and oxygen atoms in total. The Morgan fingerprint density at radius 3 is 2.70 bits per heavy atom. The lowest BCUT2D eigenvalue weighted by molar-refractivity contribution is 0.166. The summed E-state index contributed by atoms with van der Waals surface area (Å²) in [6.07, 6.45) is 5.01. The Balaban J connectivity index is 1.92. The van der Waals surface area contributed by atoms with Gasteiger partial charge in [0.15, 0.2) is 0 Å². The fraction of sp³-hybridized carbons (Fsp3) is 1.00. The van der Waals surface area contributed by atoms with E-state index in [2.05, 4.69) is 0 Å². The molecule has 2 unspecified atom stereocenters. The van der Waals surface area contributed by atoms with E-state index in [1.807, 2.05) is 0 Å². The monoisotopic (exact) mass is 143 g/mol. The van der Waals surface area contributed by atoms with Gasteiger partial charge >= 0.3 is 0 Å². The lowest BCUT2D eigenvalue weighted by Crippen LogP contribution is -2.39. The van der Waals surface area contributed by atoms with E-state index in [4.69, 9.17) is 10.5 Å². The van der Waals surface area contributed by atoms with Crippen LogP contribution in [0.3, 0.4) is 0 Å². The molecule has 1 aliphatic rings. The van der Waals surface area contributed by atoms with Crippen molar-refractivity contribution in [3.05, 3.63) is 0 Å². The molecule has 0 bridgehead atoms. The summed E-state index contributed by atoms with van der Waals surface area (Å²) >= 11 is 0.